The summed E-state index contributed by atoms with van der Waals surface area (Å²) in [5, 5.41) is 7.08. The van der Waals surface area contributed by atoms with Crippen LogP contribution in [0.15, 0.2) is 88.7 Å². The van der Waals surface area contributed by atoms with E-state index in [9.17, 15) is 8.42 Å². The fraction of sp³-hybridized carbons (Fsp3) is 0.208. The lowest BCUT2D eigenvalue weighted by Crippen LogP contribution is -2.32. The van der Waals surface area contributed by atoms with Crippen LogP contribution in [0.3, 0.4) is 0 Å². The van der Waals surface area contributed by atoms with Crippen molar-refractivity contribution in [2.24, 2.45) is 0 Å². The highest BCUT2D eigenvalue weighted by molar-refractivity contribution is 7.98. The van der Waals surface area contributed by atoms with Crippen molar-refractivity contribution in [3.8, 4) is 0 Å². The quantitative estimate of drug-likeness (QED) is 0.320. The van der Waals surface area contributed by atoms with Crippen LogP contribution in [0.2, 0.25) is 0 Å². The third-order valence-corrected chi connectivity index (χ3v) is 7.22. The first-order valence-electron chi connectivity index (χ1n) is 9.99. The van der Waals surface area contributed by atoms with Gasteiger partial charge in [-0.05, 0) is 66.2 Å². The Morgan fingerprint density at radius 2 is 1.61 bits per heavy atom. The van der Waals surface area contributed by atoms with E-state index in [0.29, 0.717) is 10.0 Å². The topological polar surface area (TPSA) is 58.2 Å². The van der Waals surface area contributed by atoms with Crippen LogP contribution in [0.4, 0.5) is 5.69 Å². The van der Waals surface area contributed by atoms with E-state index in [2.05, 4.69) is 41.8 Å². The van der Waals surface area contributed by atoms with E-state index in [1.165, 1.54) is 16.7 Å². The number of hydrogen-bond acceptors (Lipinski definition) is 4. The SMILES string of the molecule is CCC(NC(=S)Nc1ccc(CSc2ccccc2)cc1)c1ccc(S(C)(=O)=O)cc1. The third-order valence-electron chi connectivity index (χ3n) is 4.78. The molecule has 0 saturated heterocycles. The predicted octanol–water partition coefficient (Wildman–Crippen LogP) is 5.82. The van der Waals surface area contributed by atoms with Gasteiger partial charge in [0.05, 0.1) is 10.9 Å². The van der Waals surface area contributed by atoms with Crippen molar-refractivity contribution in [2.75, 3.05) is 11.6 Å². The molecule has 7 heteroatoms. The first-order valence-corrected chi connectivity index (χ1v) is 13.3. The number of hydrogen-bond donors (Lipinski definition) is 2. The van der Waals surface area contributed by atoms with Gasteiger partial charge < -0.3 is 10.6 Å². The van der Waals surface area contributed by atoms with E-state index in [1.54, 1.807) is 12.1 Å². The van der Waals surface area contributed by atoms with Crippen molar-refractivity contribution in [1.29, 1.82) is 0 Å². The highest BCUT2D eigenvalue weighted by Crippen LogP contribution is 2.23. The van der Waals surface area contributed by atoms with E-state index in [0.717, 1.165) is 23.4 Å². The summed E-state index contributed by atoms with van der Waals surface area (Å²) in [6.07, 6.45) is 2.03. The Labute approximate surface area is 194 Å². The molecule has 31 heavy (non-hydrogen) atoms. The fourth-order valence-electron chi connectivity index (χ4n) is 3.06. The fourth-order valence-corrected chi connectivity index (χ4v) is 4.83. The smallest absolute Gasteiger partial charge is 0.175 e. The van der Waals surface area contributed by atoms with Crippen molar-refractivity contribution in [2.45, 2.75) is 34.9 Å². The second kappa shape index (κ2) is 10.8. The highest BCUT2D eigenvalue weighted by atomic mass is 32.2. The maximum Gasteiger partial charge on any atom is 0.175 e. The maximum atomic E-state index is 11.7. The van der Waals surface area contributed by atoms with Crippen LogP contribution in [0, 0.1) is 0 Å². The monoisotopic (exact) mass is 470 g/mol. The normalized spacial score (nSPS) is 12.2. The van der Waals surface area contributed by atoms with Crippen LogP contribution in [-0.4, -0.2) is 19.8 Å². The van der Waals surface area contributed by atoms with E-state index in [-0.39, 0.29) is 6.04 Å². The molecule has 2 N–H and O–H groups in total. The molecule has 3 aromatic carbocycles. The van der Waals surface area contributed by atoms with Crippen LogP contribution in [0.1, 0.15) is 30.5 Å². The van der Waals surface area contributed by atoms with Crippen molar-refractivity contribution in [3.05, 3.63) is 90.0 Å². The third kappa shape index (κ3) is 7.09. The average molecular weight is 471 g/mol. The molecule has 3 rings (SSSR count). The van der Waals surface area contributed by atoms with Gasteiger partial charge >= 0.3 is 0 Å². The first-order chi connectivity index (χ1) is 14.8. The summed E-state index contributed by atoms with van der Waals surface area (Å²) < 4.78 is 23.3. The summed E-state index contributed by atoms with van der Waals surface area (Å²) in [5.74, 6) is 0.911. The second-order valence-electron chi connectivity index (χ2n) is 7.20. The molecule has 0 fully saturated rings. The molecule has 0 radical (unpaired) electrons. The molecule has 162 valence electrons. The minimum Gasteiger partial charge on any atom is -0.356 e. The number of thiocarbonyl (C=S) groups is 1. The highest BCUT2D eigenvalue weighted by Gasteiger charge is 2.13. The van der Waals surface area contributed by atoms with Gasteiger partial charge in [-0.3, -0.25) is 0 Å². The Morgan fingerprint density at radius 3 is 2.19 bits per heavy atom. The van der Waals surface area contributed by atoms with Gasteiger partial charge in [0, 0.05) is 22.6 Å². The number of anilines is 1. The lowest BCUT2D eigenvalue weighted by molar-refractivity contribution is 0.601. The largest absolute Gasteiger partial charge is 0.356 e. The van der Waals surface area contributed by atoms with Gasteiger partial charge in [0.2, 0.25) is 0 Å². The van der Waals surface area contributed by atoms with Crippen LogP contribution < -0.4 is 10.6 Å². The van der Waals surface area contributed by atoms with E-state index in [1.807, 2.05) is 54.2 Å². The molecule has 0 aromatic heterocycles. The number of sulfone groups is 1. The molecule has 0 aliphatic rings. The van der Waals surface area contributed by atoms with Crippen LogP contribution in [0.25, 0.3) is 0 Å². The number of benzene rings is 3. The first kappa shape index (κ1) is 23.3. The van der Waals surface area contributed by atoms with Gasteiger partial charge in [-0.1, -0.05) is 49.4 Å². The van der Waals surface area contributed by atoms with Gasteiger partial charge in [0.1, 0.15) is 0 Å². The van der Waals surface area contributed by atoms with Crippen LogP contribution in [-0.2, 0) is 15.6 Å². The predicted molar refractivity (Wildman–Crippen MR) is 134 cm³/mol. The summed E-state index contributed by atoms with van der Waals surface area (Å²) in [4.78, 5) is 1.57. The molecular weight excluding hydrogens is 444 g/mol. The summed E-state index contributed by atoms with van der Waals surface area (Å²) in [7, 11) is -3.20. The zero-order chi connectivity index (χ0) is 22.3. The van der Waals surface area contributed by atoms with Gasteiger partial charge in [-0.2, -0.15) is 0 Å². The van der Waals surface area contributed by atoms with E-state index >= 15 is 0 Å². The minimum absolute atomic E-state index is 0.00449. The molecule has 1 unspecified atom stereocenters. The van der Waals surface area contributed by atoms with Gasteiger partial charge in [-0.25, -0.2) is 8.42 Å². The molecule has 0 aliphatic carbocycles. The zero-order valence-electron chi connectivity index (χ0n) is 17.5. The number of thioether (sulfide) groups is 1. The molecular formula is C24H26N2O2S3. The van der Waals surface area contributed by atoms with Crippen molar-refractivity contribution in [3.63, 3.8) is 0 Å². The molecule has 1 atom stereocenters. The summed E-state index contributed by atoms with van der Waals surface area (Å²) in [6, 6.07) is 25.5. The number of nitrogens with one attached hydrogen (secondary N) is 2. The van der Waals surface area contributed by atoms with Crippen LogP contribution >= 0.6 is 24.0 Å². The van der Waals surface area contributed by atoms with E-state index < -0.39 is 9.84 Å². The van der Waals surface area contributed by atoms with Crippen molar-refractivity contribution >= 4 is 44.6 Å². The van der Waals surface area contributed by atoms with Gasteiger partial charge in [0.15, 0.2) is 14.9 Å². The van der Waals surface area contributed by atoms with Gasteiger partial charge in [0.25, 0.3) is 0 Å². The Kier molecular flexibility index (Phi) is 8.12. The Balaban J connectivity index is 1.55. The van der Waals surface area contributed by atoms with Gasteiger partial charge in [-0.15, -0.1) is 11.8 Å². The standard InChI is InChI=1S/C24H26N2O2S3/c1-3-23(19-11-15-22(16-12-19)31(2,27)28)26-24(29)25-20-13-9-18(10-14-20)17-30-21-7-5-4-6-8-21/h4-16,23H,3,17H2,1-2H3,(H2,25,26,29). The minimum atomic E-state index is -3.20. The molecule has 4 nitrogen and oxygen atoms in total. The second-order valence-corrected chi connectivity index (χ2v) is 10.7. The zero-order valence-corrected chi connectivity index (χ0v) is 20.0. The Hall–Kier alpha value is -2.35. The lowest BCUT2D eigenvalue weighted by Gasteiger charge is -2.20. The molecule has 0 bridgehead atoms. The average Bonchev–Trinajstić information content (AvgIpc) is 2.77. The van der Waals surface area contributed by atoms with Crippen molar-refractivity contribution in [1.82, 2.24) is 5.32 Å². The molecule has 0 heterocycles. The van der Waals surface area contributed by atoms with Crippen molar-refractivity contribution < 1.29 is 8.42 Å². The lowest BCUT2D eigenvalue weighted by atomic mass is 10.1. The summed E-state index contributed by atoms with van der Waals surface area (Å²) in [6.45, 7) is 2.06. The van der Waals surface area contributed by atoms with Crippen LogP contribution in [0.5, 0.6) is 0 Å². The number of rotatable bonds is 8. The summed E-state index contributed by atoms with van der Waals surface area (Å²) in [5.41, 5.74) is 3.16. The molecule has 3 aromatic rings. The molecule has 0 spiro atoms. The molecule has 0 amide bonds. The Bertz CT molecular complexity index is 1100. The maximum absolute atomic E-state index is 11.7. The van der Waals surface area contributed by atoms with E-state index in [4.69, 9.17) is 12.2 Å². The summed E-state index contributed by atoms with van der Waals surface area (Å²) >= 11 is 7.30. The Morgan fingerprint density at radius 1 is 0.968 bits per heavy atom. The molecule has 0 aliphatic heterocycles. The molecule has 0 saturated carbocycles.